The van der Waals surface area contributed by atoms with Crippen molar-refractivity contribution in [2.45, 2.75) is 119 Å². The van der Waals surface area contributed by atoms with Crippen LogP contribution in [0.25, 0.3) is 0 Å². The van der Waals surface area contributed by atoms with Crippen LogP contribution in [-0.2, 0) is 23.9 Å². The second-order valence-corrected chi connectivity index (χ2v) is 13.7. The molecule has 212 valence electrons. The fraction of sp³-hybridized carbons (Fsp3) is 0.788. The Morgan fingerprint density at radius 1 is 1.00 bits per heavy atom. The number of esters is 2. The number of rotatable bonds is 8. The van der Waals surface area contributed by atoms with Crippen molar-refractivity contribution in [2.75, 3.05) is 0 Å². The fourth-order valence-electron chi connectivity index (χ4n) is 9.20. The number of fused-ring (bicyclic) bond motifs is 5. The molecular formula is C33H50O5. The van der Waals surface area contributed by atoms with Gasteiger partial charge in [-0.15, -0.1) is 0 Å². The Balaban J connectivity index is 1.60. The molecule has 0 aromatic rings. The molecule has 2 fully saturated rings. The van der Waals surface area contributed by atoms with E-state index in [4.69, 9.17) is 9.47 Å². The monoisotopic (exact) mass is 526 g/mol. The van der Waals surface area contributed by atoms with E-state index < -0.39 is 29.6 Å². The zero-order chi connectivity index (χ0) is 28.0. The summed E-state index contributed by atoms with van der Waals surface area (Å²) in [5.74, 6) is 2.81. The molecule has 2 saturated carbocycles. The van der Waals surface area contributed by atoms with Gasteiger partial charge in [-0.3, -0.25) is 14.4 Å². The maximum absolute atomic E-state index is 13.6. The first kappa shape index (κ1) is 29.1. The van der Waals surface area contributed by atoms with Gasteiger partial charge in [-0.25, -0.2) is 0 Å². The summed E-state index contributed by atoms with van der Waals surface area (Å²) >= 11 is 0. The van der Waals surface area contributed by atoms with E-state index in [0.29, 0.717) is 24.2 Å². The molecule has 5 nitrogen and oxygen atoms in total. The molecule has 0 amide bonds. The minimum absolute atomic E-state index is 0.0423. The second-order valence-electron chi connectivity index (χ2n) is 13.7. The number of hydrogen-bond donors (Lipinski definition) is 0. The molecule has 0 spiro atoms. The fourth-order valence-corrected chi connectivity index (χ4v) is 9.20. The molecule has 4 rings (SSSR count). The largest absolute Gasteiger partial charge is 0.458 e. The standard InChI is InChI=1S/C33H50O5/c1-9-23(19(2)3)11-10-20(4)25-12-13-26-24-16-29(36)28-17-30(37-21(5)34)31(38-22(6)35)18-33(28,8)27(24)14-15-32(25,26)7/h16-17,19-20,23,25-27,30-31H,9-15,18H2,1-8H3/t20-,23-,25-,26+,27+,30-,31+,32-,33-/m1/s1. The molecule has 0 heterocycles. The lowest BCUT2D eigenvalue weighted by Gasteiger charge is -2.55. The highest BCUT2D eigenvalue weighted by molar-refractivity contribution is 6.07. The Bertz CT molecular complexity index is 1010. The van der Waals surface area contributed by atoms with Gasteiger partial charge in [0, 0.05) is 24.8 Å². The second kappa shape index (κ2) is 10.9. The van der Waals surface area contributed by atoms with Gasteiger partial charge in [0.25, 0.3) is 0 Å². The number of ketones is 1. The van der Waals surface area contributed by atoms with Crippen LogP contribution in [0.2, 0.25) is 0 Å². The molecule has 0 saturated heterocycles. The van der Waals surface area contributed by atoms with Gasteiger partial charge in [-0.05, 0) is 91.6 Å². The number of ether oxygens (including phenoxy) is 2. The highest BCUT2D eigenvalue weighted by atomic mass is 16.6. The molecule has 5 heteroatoms. The van der Waals surface area contributed by atoms with Gasteiger partial charge in [0.1, 0.15) is 6.10 Å². The van der Waals surface area contributed by atoms with Crippen LogP contribution in [0.4, 0.5) is 0 Å². The van der Waals surface area contributed by atoms with Crippen LogP contribution < -0.4 is 0 Å². The van der Waals surface area contributed by atoms with Crippen molar-refractivity contribution in [2.24, 2.45) is 46.3 Å². The SMILES string of the molecule is CC[C@H](CC[C@@H](C)[C@H]1CC[C@H]2C3=CC(=O)C4=C[C@@H](OC(C)=O)[C@@H](OC(C)=O)C[C@]4(C)[C@H]3CC[C@]12C)C(C)C. The van der Waals surface area contributed by atoms with Crippen LogP contribution in [0.15, 0.2) is 23.3 Å². The predicted octanol–water partition coefficient (Wildman–Crippen LogP) is 7.24. The third kappa shape index (κ3) is 5.16. The number of allylic oxidation sites excluding steroid dienone is 3. The van der Waals surface area contributed by atoms with E-state index in [1.807, 2.05) is 6.08 Å². The van der Waals surface area contributed by atoms with E-state index in [0.717, 1.165) is 30.3 Å². The summed E-state index contributed by atoms with van der Waals surface area (Å²) in [4.78, 5) is 37.4. The Kier molecular flexibility index (Phi) is 8.36. The predicted molar refractivity (Wildman–Crippen MR) is 149 cm³/mol. The van der Waals surface area contributed by atoms with Crippen LogP contribution in [0.1, 0.15) is 107 Å². The van der Waals surface area contributed by atoms with Crippen molar-refractivity contribution in [1.29, 1.82) is 0 Å². The van der Waals surface area contributed by atoms with E-state index in [1.165, 1.54) is 51.5 Å². The van der Waals surface area contributed by atoms with Gasteiger partial charge >= 0.3 is 11.9 Å². The highest BCUT2D eigenvalue weighted by Crippen LogP contribution is 2.66. The first-order valence-corrected chi connectivity index (χ1v) is 15.1. The third-order valence-corrected chi connectivity index (χ3v) is 11.2. The maximum atomic E-state index is 13.6. The molecule has 0 aliphatic heterocycles. The van der Waals surface area contributed by atoms with E-state index >= 15 is 0 Å². The van der Waals surface area contributed by atoms with E-state index in [-0.39, 0.29) is 17.1 Å². The van der Waals surface area contributed by atoms with Crippen molar-refractivity contribution in [3.05, 3.63) is 23.3 Å². The third-order valence-electron chi connectivity index (χ3n) is 11.2. The summed E-state index contributed by atoms with van der Waals surface area (Å²) < 4.78 is 11.2. The summed E-state index contributed by atoms with van der Waals surface area (Å²) in [6.07, 6.45) is 11.4. The summed E-state index contributed by atoms with van der Waals surface area (Å²) in [6.45, 7) is 16.9. The van der Waals surface area contributed by atoms with Gasteiger partial charge in [0.15, 0.2) is 11.9 Å². The first-order valence-electron chi connectivity index (χ1n) is 15.1. The number of hydrogen-bond acceptors (Lipinski definition) is 5. The molecule has 0 N–H and O–H groups in total. The summed E-state index contributed by atoms with van der Waals surface area (Å²) in [6, 6.07) is 0. The minimum Gasteiger partial charge on any atom is -0.458 e. The number of carbonyl (C=O) groups is 3. The van der Waals surface area contributed by atoms with Crippen molar-refractivity contribution >= 4 is 17.7 Å². The zero-order valence-corrected chi connectivity index (χ0v) is 25.0. The molecule has 38 heavy (non-hydrogen) atoms. The molecule has 0 radical (unpaired) electrons. The van der Waals surface area contributed by atoms with Crippen LogP contribution in [0.3, 0.4) is 0 Å². The first-order chi connectivity index (χ1) is 17.8. The van der Waals surface area contributed by atoms with Gasteiger partial charge in [0.05, 0.1) is 0 Å². The van der Waals surface area contributed by atoms with Crippen LogP contribution >= 0.6 is 0 Å². The quantitative estimate of drug-likeness (QED) is 0.312. The highest BCUT2D eigenvalue weighted by Gasteiger charge is 2.59. The zero-order valence-electron chi connectivity index (χ0n) is 25.0. The molecule has 0 aromatic heterocycles. The van der Waals surface area contributed by atoms with Crippen molar-refractivity contribution in [3.63, 3.8) is 0 Å². The van der Waals surface area contributed by atoms with Gasteiger partial charge in [0.2, 0.25) is 0 Å². The molecule has 0 aromatic carbocycles. The molecule has 9 atom stereocenters. The summed E-state index contributed by atoms with van der Waals surface area (Å²) in [5.41, 5.74) is 1.86. The van der Waals surface area contributed by atoms with Crippen molar-refractivity contribution in [3.8, 4) is 0 Å². The average Bonchev–Trinajstić information content (AvgIpc) is 3.17. The smallest absolute Gasteiger partial charge is 0.303 e. The minimum atomic E-state index is -0.721. The molecular weight excluding hydrogens is 476 g/mol. The topological polar surface area (TPSA) is 69.7 Å². The number of carbonyl (C=O) groups excluding carboxylic acids is 3. The Hall–Kier alpha value is -1.91. The van der Waals surface area contributed by atoms with Gasteiger partial charge in [-0.1, -0.05) is 60.0 Å². The molecule has 4 aliphatic rings. The van der Waals surface area contributed by atoms with E-state index in [2.05, 4.69) is 41.5 Å². The summed E-state index contributed by atoms with van der Waals surface area (Å²) in [5, 5.41) is 0. The van der Waals surface area contributed by atoms with Crippen LogP contribution in [0, 0.1) is 46.3 Å². The van der Waals surface area contributed by atoms with Crippen LogP contribution in [0.5, 0.6) is 0 Å². The average molecular weight is 527 g/mol. The van der Waals surface area contributed by atoms with Crippen molar-refractivity contribution < 1.29 is 23.9 Å². The lowest BCUT2D eigenvalue weighted by atomic mass is 9.49. The van der Waals surface area contributed by atoms with E-state index in [1.54, 1.807) is 6.08 Å². The summed E-state index contributed by atoms with van der Waals surface area (Å²) in [7, 11) is 0. The van der Waals surface area contributed by atoms with Gasteiger partial charge in [-0.2, -0.15) is 0 Å². The van der Waals surface area contributed by atoms with Gasteiger partial charge < -0.3 is 9.47 Å². The lowest BCUT2D eigenvalue weighted by molar-refractivity contribution is -0.166. The van der Waals surface area contributed by atoms with Crippen molar-refractivity contribution in [1.82, 2.24) is 0 Å². The molecule has 4 aliphatic carbocycles. The van der Waals surface area contributed by atoms with Crippen LogP contribution in [-0.4, -0.2) is 29.9 Å². The lowest BCUT2D eigenvalue weighted by Crippen LogP contribution is -2.52. The normalized spacial score (nSPS) is 37.8. The Labute approximate surface area is 230 Å². The Morgan fingerprint density at radius 2 is 1.68 bits per heavy atom. The molecule has 0 bridgehead atoms. The van der Waals surface area contributed by atoms with E-state index in [9.17, 15) is 14.4 Å². The molecule has 0 unspecified atom stereocenters. The Morgan fingerprint density at radius 3 is 2.29 bits per heavy atom. The maximum Gasteiger partial charge on any atom is 0.303 e.